The van der Waals surface area contributed by atoms with Gasteiger partial charge in [0.1, 0.15) is 24.0 Å². The van der Waals surface area contributed by atoms with E-state index in [1.807, 2.05) is 42.6 Å². The smallest absolute Gasteiger partial charge is 0.242 e. The standard InChI is InChI=1S/C30H32Cl3N7O/c31-23-8-4-7-21(13-23)17-35-27-16-28(40-12-11-34-19-40)39-30(38-27)37-26(14-20-5-2-1-3-6-20)29(41)36-18-22-9-10-24(32)15-25(22)33/h4,7-13,15-16,19-20,26H,1-3,5-6,14,17-18H2,(H,36,41)(H2,35,37,38,39)/t26-/m1/s1. The van der Waals surface area contributed by atoms with E-state index in [1.165, 1.54) is 19.3 Å². The van der Waals surface area contributed by atoms with Gasteiger partial charge in [-0.2, -0.15) is 9.97 Å². The fourth-order valence-electron chi connectivity index (χ4n) is 5.07. The molecule has 0 spiro atoms. The molecule has 1 atom stereocenters. The molecule has 2 heterocycles. The molecule has 0 aliphatic heterocycles. The summed E-state index contributed by atoms with van der Waals surface area (Å²) >= 11 is 18.6. The topological polar surface area (TPSA) is 96.8 Å². The lowest BCUT2D eigenvalue weighted by atomic mass is 9.84. The normalized spacial score (nSPS) is 14.4. The average Bonchev–Trinajstić information content (AvgIpc) is 3.51. The second kappa shape index (κ2) is 14.0. The predicted octanol–water partition coefficient (Wildman–Crippen LogP) is 7.30. The van der Waals surface area contributed by atoms with E-state index in [9.17, 15) is 4.79 Å². The lowest BCUT2D eigenvalue weighted by Crippen LogP contribution is -2.41. The molecule has 1 aliphatic rings. The second-order valence-electron chi connectivity index (χ2n) is 10.3. The molecule has 2 aromatic carbocycles. The molecule has 214 valence electrons. The quantitative estimate of drug-likeness (QED) is 0.164. The molecule has 0 saturated heterocycles. The van der Waals surface area contributed by atoms with Crippen molar-refractivity contribution >= 4 is 52.5 Å². The third-order valence-corrected chi connectivity index (χ3v) is 8.05. The minimum atomic E-state index is -0.525. The van der Waals surface area contributed by atoms with Gasteiger partial charge in [-0.05, 0) is 47.7 Å². The Labute approximate surface area is 254 Å². The van der Waals surface area contributed by atoms with Crippen molar-refractivity contribution in [3.8, 4) is 5.82 Å². The molecule has 8 nitrogen and oxygen atoms in total. The Kier molecular flexibility index (Phi) is 9.98. The first-order valence-corrected chi connectivity index (χ1v) is 14.9. The maximum Gasteiger partial charge on any atom is 0.242 e. The monoisotopic (exact) mass is 611 g/mol. The Morgan fingerprint density at radius 2 is 1.80 bits per heavy atom. The third kappa shape index (κ3) is 8.35. The number of carbonyl (C=O) groups is 1. The van der Waals surface area contributed by atoms with Gasteiger partial charge < -0.3 is 16.0 Å². The van der Waals surface area contributed by atoms with E-state index in [2.05, 4.69) is 20.9 Å². The van der Waals surface area contributed by atoms with E-state index < -0.39 is 6.04 Å². The van der Waals surface area contributed by atoms with E-state index in [0.717, 1.165) is 24.0 Å². The summed E-state index contributed by atoms with van der Waals surface area (Å²) in [6.45, 7) is 0.814. The number of carbonyl (C=O) groups excluding carboxylic acids is 1. The first-order valence-electron chi connectivity index (χ1n) is 13.8. The Bertz CT molecular complexity index is 1460. The summed E-state index contributed by atoms with van der Waals surface area (Å²) in [5.74, 6) is 1.90. The highest BCUT2D eigenvalue weighted by Crippen LogP contribution is 2.29. The number of imidazole rings is 1. The zero-order valence-electron chi connectivity index (χ0n) is 22.5. The second-order valence-corrected chi connectivity index (χ2v) is 11.6. The van der Waals surface area contributed by atoms with Crippen molar-refractivity contribution in [2.24, 2.45) is 5.92 Å². The van der Waals surface area contributed by atoms with Gasteiger partial charge in [-0.15, -0.1) is 0 Å². The largest absolute Gasteiger partial charge is 0.366 e. The molecule has 5 rings (SSSR count). The summed E-state index contributed by atoms with van der Waals surface area (Å²) in [7, 11) is 0. The van der Waals surface area contributed by atoms with Crippen LogP contribution in [0.15, 0.2) is 67.3 Å². The highest BCUT2D eigenvalue weighted by atomic mass is 35.5. The zero-order valence-corrected chi connectivity index (χ0v) is 24.8. The van der Waals surface area contributed by atoms with E-state index >= 15 is 0 Å². The summed E-state index contributed by atoms with van der Waals surface area (Å²) in [4.78, 5) is 27.2. The number of anilines is 2. The van der Waals surface area contributed by atoms with Gasteiger partial charge in [-0.25, -0.2) is 4.98 Å². The SMILES string of the molecule is O=C(NCc1ccc(Cl)cc1Cl)[C@@H](CC1CCCCC1)Nc1nc(NCc2cccc(Cl)c2)cc(-n2ccnc2)n1. The fraction of sp³-hybridized carbons (Fsp3) is 0.333. The lowest BCUT2D eigenvalue weighted by molar-refractivity contribution is -0.122. The molecule has 41 heavy (non-hydrogen) atoms. The van der Waals surface area contributed by atoms with Crippen LogP contribution in [0, 0.1) is 5.92 Å². The minimum Gasteiger partial charge on any atom is -0.366 e. The molecule has 2 aromatic heterocycles. The molecule has 0 unspecified atom stereocenters. The van der Waals surface area contributed by atoms with Crippen LogP contribution in [0.3, 0.4) is 0 Å². The average molecular weight is 613 g/mol. The molecule has 3 N–H and O–H groups in total. The summed E-state index contributed by atoms with van der Waals surface area (Å²) in [5, 5.41) is 11.5. The first kappa shape index (κ1) is 29.2. The molecular formula is C30H32Cl3N7O. The number of nitrogens with zero attached hydrogens (tertiary/aromatic N) is 4. The van der Waals surface area contributed by atoms with E-state index in [0.29, 0.717) is 58.1 Å². The number of aromatic nitrogens is 4. The molecule has 4 aromatic rings. The number of hydrogen-bond acceptors (Lipinski definition) is 6. The van der Waals surface area contributed by atoms with Gasteiger partial charge in [0.15, 0.2) is 0 Å². The lowest BCUT2D eigenvalue weighted by Gasteiger charge is -2.27. The minimum absolute atomic E-state index is 0.133. The van der Waals surface area contributed by atoms with Gasteiger partial charge in [-0.3, -0.25) is 9.36 Å². The number of benzene rings is 2. The molecule has 1 aliphatic carbocycles. The van der Waals surface area contributed by atoms with Crippen LogP contribution in [0.25, 0.3) is 5.82 Å². The van der Waals surface area contributed by atoms with Gasteiger partial charge in [0.25, 0.3) is 0 Å². The van der Waals surface area contributed by atoms with Crippen LogP contribution >= 0.6 is 34.8 Å². The predicted molar refractivity (Wildman–Crippen MR) is 165 cm³/mol. The summed E-state index contributed by atoms with van der Waals surface area (Å²) < 4.78 is 1.80. The van der Waals surface area contributed by atoms with Gasteiger partial charge in [0.05, 0.1) is 0 Å². The van der Waals surface area contributed by atoms with Crippen LogP contribution in [-0.2, 0) is 17.9 Å². The van der Waals surface area contributed by atoms with Crippen LogP contribution in [0.4, 0.5) is 11.8 Å². The van der Waals surface area contributed by atoms with E-state index in [4.69, 9.17) is 44.8 Å². The molecule has 1 saturated carbocycles. The van der Waals surface area contributed by atoms with Crippen molar-refractivity contribution < 1.29 is 4.79 Å². The van der Waals surface area contributed by atoms with Crippen molar-refractivity contribution in [3.63, 3.8) is 0 Å². The maximum absolute atomic E-state index is 13.6. The molecule has 0 bridgehead atoms. The van der Waals surface area contributed by atoms with E-state index in [1.54, 1.807) is 29.2 Å². The fourth-order valence-corrected chi connectivity index (χ4v) is 5.76. The summed E-state index contributed by atoms with van der Waals surface area (Å²) in [6, 6.07) is 14.2. The molecule has 1 amide bonds. The number of halogens is 3. The highest BCUT2D eigenvalue weighted by Gasteiger charge is 2.26. The molecular weight excluding hydrogens is 581 g/mol. The van der Waals surface area contributed by atoms with Crippen molar-refractivity contribution in [3.05, 3.63) is 93.4 Å². The maximum atomic E-state index is 13.6. The van der Waals surface area contributed by atoms with Crippen molar-refractivity contribution in [2.75, 3.05) is 10.6 Å². The van der Waals surface area contributed by atoms with Gasteiger partial charge in [0, 0.05) is 46.6 Å². The van der Waals surface area contributed by atoms with Crippen LogP contribution in [0.5, 0.6) is 0 Å². The van der Waals surface area contributed by atoms with Gasteiger partial charge in [0.2, 0.25) is 11.9 Å². The Morgan fingerprint density at radius 3 is 2.56 bits per heavy atom. The van der Waals surface area contributed by atoms with Gasteiger partial charge >= 0.3 is 0 Å². The number of nitrogens with one attached hydrogen (secondary N) is 3. The van der Waals surface area contributed by atoms with Gasteiger partial charge in [-0.1, -0.05) is 85.1 Å². The van der Waals surface area contributed by atoms with Crippen LogP contribution in [0.1, 0.15) is 49.7 Å². The number of rotatable bonds is 11. The Balaban J connectivity index is 1.37. The van der Waals surface area contributed by atoms with E-state index in [-0.39, 0.29) is 5.91 Å². The van der Waals surface area contributed by atoms with Crippen LogP contribution in [0.2, 0.25) is 15.1 Å². The zero-order chi connectivity index (χ0) is 28.6. The van der Waals surface area contributed by atoms with Crippen LogP contribution in [-0.4, -0.2) is 31.5 Å². The third-order valence-electron chi connectivity index (χ3n) is 7.23. The summed E-state index contributed by atoms with van der Waals surface area (Å²) in [5.41, 5.74) is 1.82. The Morgan fingerprint density at radius 1 is 0.976 bits per heavy atom. The molecule has 0 radical (unpaired) electrons. The van der Waals surface area contributed by atoms with Crippen molar-refractivity contribution in [1.82, 2.24) is 24.8 Å². The first-order chi connectivity index (χ1) is 19.9. The molecule has 11 heteroatoms. The molecule has 1 fully saturated rings. The van der Waals surface area contributed by atoms with Crippen molar-refractivity contribution in [1.29, 1.82) is 0 Å². The highest BCUT2D eigenvalue weighted by molar-refractivity contribution is 6.35. The summed E-state index contributed by atoms with van der Waals surface area (Å²) in [6.07, 6.45) is 11.7. The number of amides is 1. The Hall–Kier alpha value is -3.33. The number of hydrogen-bond donors (Lipinski definition) is 3. The van der Waals surface area contributed by atoms with Crippen LogP contribution < -0.4 is 16.0 Å². The van der Waals surface area contributed by atoms with Crippen molar-refractivity contribution in [2.45, 2.75) is 57.7 Å².